The average molecular weight is 373 g/mol. The molecule has 1 saturated carbocycles. The molecule has 2 aromatic rings. The van der Waals surface area contributed by atoms with E-state index in [0.29, 0.717) is 24.2 Å². The molecule has 2 N–H and O–H groups in total. The molecule has 0 aliphatic heterocycles. The lowest BCUT2D eigenvalue weighted by molar-refractivity contribution is -0.127. The van der Waals surface area contributed by atoms with E-state index in [1.807, 2.05) is 34.9 Å². The molecule has 8 heteroatoms. The van der Waals surface area contributed by atoms with Gasteiger partial charge in [-0.05, 0) is 18.4 Å². The topological polar surface area (TPSA) is 94.1 Å². The first-order chi connectivity index (χ1) is 12.5. The first kappa shape index (κ1) is 18.4. The Labute approximate surface area is 157 Å². The summed E-state index contributed by atoms with van der Waals surface area (Å²) in [7, 11) is 1.79. The molecular weight excluding hydrogens is 350 g/mol. The van der Waals surface area contributed by atoms with Crippen LogP contribution in [-0.4, -0.2) is 44.3 Å². The Morgan fingerprint density at radius 1 is 1.27 bits per heavy atom. The molecular formula is C18H23N5O2S. The van der Waals surface area contributed by atoms with Gasteiger partial charge in [0.25, 0.3) is 0 Å². The van der Waals surface area contributed by atoms with Gasteiger partial charge < -0.3 is 15.2 Å². The molecule has 0 saturated heterocycles. The molecule has 0 unspecified atom stereocenters. The van der Waals surface area contributed by atoms with Crippen LogP contribution in [0.5, 0.6) is 0 Å². The summed E-state index contributed by atoms with van der Waals surface area (Å²) in [5.41, 5.74) is 6.37. The molecule has 1 fully saturated rings. The number of hydrogen-bond acceptors (Lipinski definition) is 5. The zero-order valence-corrected chi connectivity index (χ0v) is 15.6. The van der Waals surface area contributed by atoms with E-state index in [1.54, 1.807) is 11.9 Å². The molecule has 1 heterocycles. The number of thioether (sulfide) groups is 1. The first-order valence-electron chi connectivity index (χ1n) is 8.66. The normalized spacial score (nSPS) is 13.6. The Hall–Kier alpha value is -2.35. The number of aromatic nitrogens is 3. The average Bonchev–Trinajstić information content (AvgIpc) is 3.39. The maximum absolute atomic E-state index is 12.4. The zero-order valence-electron chi connectivity index (χ0n) is 14.8. The van der Waals surface area contributed by atoms with Crippen LogP contribution in [-0.2, 0) is 22.7 Å². The Morgan fingerprint density at radius 3 is 2.65 bits per heavy atom. The van der Waals surface area contributed by atoms with E-state index in [9.17, 15) is 9.59 Å². The van der Waals surface area contributed by atoms with Gasteiger partial charge in [0.2, 0.25) is 11.8 Å². The minimum Gasteiger partial charge on any atom is -0.370 e. The number of hydrogen-bond donors (Lipinski definition) is 1. The third-order valence-corrected chi connectivity index (χ3v) is 5.23. The van der Waals surface area contributed by atoms with Crippen molar-refractivity contribution in [3.63, 3.8) is 0 Å². The van der Waals surface area contributed by atoms with Crippen LogP contribution < -0.4 is 5.73 Å². The molecule has 1 aromatic carbocycles. The van der Waals surface area contributed by atoms with Gasteiger partial charge in [0.05, 0.1) is 5.75 Å². The van der Waals surface area contributed by atoms with Gasteiger partial charge in [-0.15, -0.1) is 10.2 Å². The number of nitrogens with zero attached hydrogens (tertiary/aromatic N) is 4. The largest absolute Gasteiger partial charge is 0.370 e. The van der Waals surface area contributed by atoms with E-state index >= 15 is 0 Å². The minimum atomic E-state index is -0.352. The molecule has 7 nitrogen and oxygen atoms in total. The summed E-state index contributed by atoms with van der Waals surface area (Å²) in [5.74, 6) is 1.27. The van der Waals surface area contributed by atoms with Crippen molar-refractivity contribution in [2.75, 3.05) is 12.8 Å². The summed E-state index contributed by atoms with van der Waals surface area (Å²) in [6.07, 6.45) is 2.43. The van der Waals surface area contributed by atoms with Crippen molar-refractivity contribution in [1.29, 1.82) is 0 Å². The van der Waals surface area contributed by atoms with Gasteiger partial charge in [0, 0.05) is 32.5 Å². The van der Waals surface area contributed by atoms with Crippen molar-refractivity contribution in [3.8, 4) is 0 Å². The SMILES string of the molecule is CN(Cc1ccccc1)C(=O)CSc1nnc(C2CC2)n1CCC(N)=O. The molecule has 0 spiro atoms. The number of primary amides is 1. The number of nitrogens with two attached hydrogens (primary N) is 1. The van der Waals surface area contributed by atoms with Crippen LogP contribution in [0.3, 0.4) is 0 Å². The number of carbonyl (C=O) groups is 2. The van der Waals surface area contributed by atoms with Gasteiger partial charge in [0.1, 0.15) is 5.82 Å². The van der Waals surface area contributed by atoms with Gasteiger partial charge in [-0.3, -0.25) is 9.59 Å². The highest BCUT2D eigenvalue weighted by Gasteiger charge is 2.30. The number of rotatable bonds is 9. The van der Waals surface area contributed by atoms with Crippen LogP contribution in [0.1, 0.15) is 36.6 Å². The van der Waals surface area contributed by atoms with E-state index in [4.69, 9.17) is 5.73 Å². The number of carbonyl (C=O) groups excluding carboxylic acids is 2. The smallest absolute Gasteiger partial charge is 0.233 e. The second kappa shape index (κ2) is 8.35. The van der Waals surface area contributed by atoms with E-state index in [0.717, 1.165) is 24.2 Å². The Morgan fingerprint density at radius 2 is 2.00 bits per heavy atom. The predicted molar refractivity (Wildman–Crippen MR) is 99.4 cm³/mol. The molecule has 138 valence electrons. The maximum atomic E-state index is 12.4. The lowest BCUT2D eigenvalue weighted by atomic mass is 10.2. The molecule has 3 rings (SSSR count). The van der Waals surface area contributed by atoms with Gasteiger partial charge in [0.15, 0.2) is 5.16 Å². The lowest BCUT2D eigenvalue weighted by Gasteiger charge is -2.17. The fourth-order valence-electron chi connectivity index (χ4n) is 2.66. The highest BCUT2D eigenvalue weighted by molar-refractivity contribution is 7.99. The van der Waals surface area contributed by atoms with Gasteiger partial charge in [-0.1, -0.05) is 42.1 Å². The van der Waals surface area contributed by atoms with Gasteiger partial charge in [-0.2, -0.15) is 0 Å². The van der Waals surface area contributed by atoms with E-state index in [1.165, 1.54) is 11.8 Å². The van der Waals surface area contributed by atoms with Crippen LogP contribution in [0.4, 0.5) is 0 Å². The standard InChI is InChI=1S/C18H23N5O2S/c1-22(11-13-5-3-2-4-6-13)16(25)12-26-18-21-20-17(14-7-8-14)23(18)10-9-15(19)24/h2-6,14H,7-12H2,1H3,(H2,19,24). The second-order valence-corrected chi connectivity index (χ2v) is 7.45. The van der Waals surface area contributed by atoms with Crippen LogP contribution in [0, 0.1) is 0 Å². The zero-order chi connectivity index (χ0) is 18.5. The third-order valence-electron chi connectivity index (χ3n) is 4.28. The molecule has 2 amide bonds. The fraction of sp³-hybridized carbons (Fsp3) is 0.444. The van der Waals surface area contributed by atoms with Crippen molar-refractivity contribution in [2.24, 2.45) is 5.73 Å². The number of benzene rings is 1. The molecule has 0 radical (unpaired) electrons. The molecule has 1 aliphatic rings. The molecule has 1 aromatic heterocycles. The van der Waals surface area contributed by atoms with Crippen molar-refractivity contribution in [3.05, 3.63) is 41.7 Å². The van der Waals surface area contributed by atoms with Crippen molar-refractivity contribution in [1.82, 2.24) is 19.7 Å². The van der Waals surface area contributed by atoms with Crippen LogP contribution in [0.25, 0.3) is 0 Å². The van der Waals surface area contributed by atoms with Crippen LogP contribution >= 0.6 is 11.8 Å². The van der Waals surface area contributed by atoms with Crippen molar-refractivity contribution < 1.29 is 9.59 Å². The maximum Gasteiger partial charge on any atom is 0.233 e. The Bertz CT molecular complexity index is 773. The van der Waals surface area contributed by atoms with Crippen LogP contribution in [0.15, 0.2) is 35.5 Å². The summed E-state index contributed by atoms with van der Waals surface area (Å²) in [6.45, 7) is 1.03. The molecule has 0 bridgehead atoms. The van der Waals surface area contributed by atoms with Gasteiger partial charge >= 0.3 is 0 Å². The third kappa shape index (κ3) is 4.85. The summed E-state index contributed by atoms with van der Waals surface area (Å²) in [6, 6.07) is 9.88. The Kier molecular flexibility index (Phi) is 5.92. The predicted octanol–water partition coefficient (Wildman–Crippen LogP) is 1.78. The lowest BCUT2D eigenvalue weighted by Crippen LogP contribution is -2.28. The number of amides is 2. The quantitative estimate of drug-likeness (QED) is 0.676. The van der Waals surface area contributed by atoms with E-state index in [-0.39, 0.29) is 24.0 Å². The molecule has 26 heavy (non-hydrogen) atoms. The molecule has 0 atom stereocenters. The van der Waals surface area contributed by atoms with E-state index in [2.05, 4.69) is 10.2 Å². The summed E-state index contributed by atoms with van der Waals surface area (Å²) >= 11 is 1.36. The minimum absolute atomic E-state index is 0.0243. The highest BCUT2D eigenvalue weighted by atomic mass is 32.2. The summed E-state index contributed by atoms with van der Waals surface area (Å²) in [4.78, 5) is 25.3. The van der Waals surface area contributed by atoms with E-state index < -0.39 is 0 Å². The molecule has 1 aliphatic carbocycles. The van der Waals surface area contributed by atoms with Gasteiger partial charge in [-0.25, -0.2) is 0 Å². The van der Waals surface area contributed by atoms with Crippen molar-refractivity contribution >= 4 is 23.6 Å². The fourth-order valence-corrected chi connectivity index (χ4v) is 3.58. The monoisotopic (exact) mass is 373 g/mol. The highest BCUT2D eigenvalue weighted by Crippen LogP contribution is 2.40. The second-order valence-electron chi connectivity index (χ2n) is 6.51. The summed E-state index contributed by atoms with van der Waals surface area (Å²) < 4.78 is 1.94. The first-order valence-corrected chi connectivity index (χ1v) is 9.65. The summed E-state index contributed by atoms with van der Waals surface area (Å²) in [5, 5.41) is 9.16. The van der Waals surface area contributed by atoms with Crippen molar-refractivity contribution in [2.45, 2.75) is 43.4 Å². The van der Waals surface area contributed by atoms with Crippen LogP contribution in [0.2, 0.25) is 0 Å². The Balaban J connectivity index is 1.59.